The fourth-order valence-electron chi connectivity index (χ4n) is 1.76. The number of hydrogen-bond acceptors (Lipinski definition) is 3. The number of nitrogens with zero attached hydrogens (tertiary/aromatic N) is 2. The summed E-state index contributed by atoms with van der Waals surface area (Å²) in [5.74, 6) is 0.746. The highest BCUT2D eigenvalue weighted by atomic mass is 15.1. The van der Waals surface area contributed by atoms with Gasteiger partial charge in [-0.3, -0.25) is 0 Å². The average Bonchev–Trinajstić information content (AvgIpc) is 2.61. The van der Waals surface area contributed by atoms with Crippen LogP contribution in [0.2, 0.25) is 0 Å². The number of nitriles is 1. The SMILES string of the molecule is CCN1CCC(CNC(C)C#N)C1. The van der Waals surface area contributed by atoms with Crippen LogP contribution in [0.25, 0.3) is 0 Å². The summed E-state index contributed by atoms with van der Waals surface area (Å²) < 4.78 is 0. The van der Waals surface area contributed by atoms with Gasteiger partial charge in [-0.25, -0.2) is 0 Å². The van der Waals surface area contributed by atoms with E-state index >= 15 is 0 Å². The Morgan fingerprint density at radius 1 is 1.69 bits per heavy atom. The molecule has 1 fully saturated rings. The Balaban J connectivity index is 2.14. The van der Waals surface area contributed by atoms with Crippen molar-refractivity contribution < 1.29 is 0 Å². The summed E-state index contributed by atoms with van der Waals surface area (Å²) in [5, 5.41) is 11.8. The molecule has 2 atom stereocenters. The van der Waals surface area contributed by atoms with Gasteiger partial charge in [0.05, 0.1) is 12.1 Å². The maximum Gasteiger partial charge on any atom is 0.0924 e. The second-order valence-electron chi connectivity index (χ2n) is 3.81. The topological polar surface area (TPSA) is 39.1 Å². The largest absolute Gasteiger partial charge is 0.303 e. The van der Waals surface area contributed by atoms with Gasteiger partial charge in [0.25, 0.3) is 0 Å². The maximum atomic E-state index is 8.58. The number of nitrogens with one attached hydrogen (secondary N) is 1. The van der Waals surface area contributed by atoms with E-state index < -0.39 is 0 Å². The van der Waals surface area contributed by atoms with Crippen molar-refractivity contribution in [3.05, 3.63) is 0 Å². The third kappa shape index (κ3) is 3.33. The van der Waals surface area contributed by atoms with Crippen LogP contribution >= 0.6 is 0 Å². The van der Waals surface area contributed by atoms with Crippen LogP contribution in [0, 0.1) is 17.2 Å². The van der Waals surface area contributed by atoms with Crippen LogP contribution in [0.3, 0.4) is 0 Å². The van der Waals surface area contributed by atoms with E-state index in [4.69, 9.17) is 5.26 Å². The zero-order valence-electron chi connectivity index (χ0n) is 8.58. The fourth-order valence-corrected chi connectivity index (χ4v) is 1.76. The van der Waals surface area contributed by atoms with Gasteiger partial charge < -0.3 is 10.2 Å². The molecule has 0 radical (unpaired) electrons. The van der Waals surface area contributed by atoms with E-state index in [-0.39, 0.29) is 6.04 Å². The number of likely N-dealkylation sites (tertiary alicyclic amines) is 1. The molecule has 1 aliphatic heterocycles. The summed E-state index contributed by atoms with van der Waals surface area (Å²) in [6.07, 6.45) is 1.28. The lowest BCUT2D eigenvalue weighted by Gasteiger charge is -2.14. The molecule has 1 heterocycles. The summed E-state index contributed by atoms with van der Waals surface area (Å²) in [5.41, 5.74) is 0. The van der Waals surface area contributed by atoms with Crippen LogP contribution < -0.4 is 5.32 Å². The molecule has 0 aromatic rings. The lowest BCUT2D eigenvalue weighted by molar-refractivity contribution is 0.338. The minimum absolute atomic E-state index is 0.00400. The third-order valence-corrected chi connectivity index (χ3v) is 2.72. The Morgan fingerprint density at radius 3 is 3.00 bits per heavy atom. The molecule has 1 N–H and O–H groups in total. The normalized spacial score (nSPS) is 25.8. The number of hydrogen-bond donors (Lipinski definition) is 1. The zero-order chi connectivity index (χ0) is 9.68. The van der Waals surface area contributed by atoms with Gasteiger partial charge >= 0.3 is 0 Å². The first-order chi connectivity index (χ1) is 6.26. The van der Waals surface area contributed by atoms with Crippen LogP contribution in [0.5, 0.6) is 0 Å². The molecule has 0 aliphatic carbocycles. The Bertz CT molecular complexity index is 185. The summed E-state index contributed by atoms with van der Waals surface area (Å²) >= 11 is 0. The van der Waals surface area contributed by atoms with Crippen molar-refractivity contribution in [1.29, 1.82) is 5.26 Å². The molecule has 0 saturated carbocycles. The standard InChI is InChI=1S/C10H19N3/c1-3-13-5-4-10(8-13)7-12-9(2)6-11/h9-10,12H,3-5,7-8H2,1-2H3. The van der Waals surface area contributed by atoms with E-state index in [1.807, 2.05) is 6.92 Å². The van der Waals surface area contributed by atoms with Gasteiger partial charge in [-0.05, 0) is 32.4 Å². The predicted octanol–water partition coefficient (Wildman–Crippen LogP) is 0.830. The Hall–Kier alpha value is -0.590. The van der Waals surface area contributed by atoms with E-state index in [0.29, 0.717) is 0 Å². The Kier molecular flexibility index (Phi) is 4.20. The Morgan fingerprint density at radius 2 is 2.46 bits per heavy atom. The molecular weight excluding hydrogens is 162 g/mol. The molecule has 13 heavy (non-hydrogen) atoms. The lowest BCUT2D eigenvalue weighted by atomic mass is 10.1. The van der Waals surface area contributed by atoms with Gasteiger partial charge in [0, 0.05) is 13.1 Å². The van der Waals surface area contributed by atoms with E-state index in [1.165, 1.54) is 19.5 Å². The van der Waals surface area contributed by atoms with Gasteiger partial charge in [-0.1, -0.05) is 6.92 Å². The molecule has 0 aromatic carbocycles. The summed E-state index contributed by atoms with van der Waals surface area (Å²) in [6, 6.07) is 2.19. The van der Waals surface area contributed by atoms with Crippen LogP contribution in [0.4, 0.5) is 0 Å². The molecule has 2 unspecified atom stereocenters. The monoisotopic (exact) mass is 181 g/mol. The molecular formula is C10H19N3. The minimum Gasteiger partial charge on any atom is -0.303 e. The molecule has 1 rings (SSSR count). The van der Waals surface area contributed by atoms with E-state index in [2.05, 4.69) is 23.2 Å². The highest BCUT2D eigenvalue weighted by Gasteiger charge is 2.20. The van der Waals surface area contributed by atoms with E-state index in [9.17, 15) is 0 Å². The highest BCUT2D eigenvalue weighted by molar-refractivity contribution is 4.87. The van der Waals surface area contributed by atoms with E-state index in [1.54, 1.807) is 0 Å². The predicted molar refractivity (Wildman–Crippen MR) is 53.3 cm³/mol. The van der Waals surface area contributed by atoms with Crippen molar-refractivity contribution in [3.63, 3.8) is 0 Å². The van der Waals surface area contributed by atoms with Crippen LogP contribution in [0.15, 0.2) is 0 Å². The van der Waals surface area contributed by atoms with Crippen LogP contribution in [-0.2, 0) is 0 Å². The van der Waals surface area contributed by atoms with Crippen molar-refractivity contribution in [2.45, 2.75) is 26.3 Å². The van der Waals surface area contributed by atoms with Gasteiger partial charge in [-0.15, -0.1) is 0 Å². The molecule has 0 bridgehead atoms. The summed E-state index contributed by atoms with van der Waals surface area (Å²) in [7, 11) is 0. The van der Waals surface area contributed by atoms with Gasteiger partial charge in [0.2, 0.25) is 0 Å². The van der Waals surface area contributed by atoms with Crippen molar-refractivity contribution in [1.82, 2.24) is 10.2 Å². The molecule has 0 amide bonds. The first kappa shape index (κ1) is 10.5. The molecule has 3 heteroatoms. The summed E-state index contributed by atoms with van der Waals surface area (Å²) in [4.78, 5) is 2.46. The van der Waals surface area contributed by atoms with Gasteiger partial charge in [0.1, 0.15) is 0 Å². The molecule has 0 aromatic heterocycles. The molecule has 3 nitrogen and oxygen atoms in total. The van der Waals surface area contributed by atoms with Crippen LogP contribution in [-0.4, -0.2) is 37.1 Å². The Labute approximate surface area is 80.7 Å². The second kappa shape index (κ2) is 5.21. The van der Waals surface area contributed by atoms with Gasteiger partial charge in [0.15, 0.2) is 0 Å². The molecule has 74 valence electrons. The quantitative estimate of drug-likeness (QED) is 0.698. The minimum atomic E-state index is -0.00400. The highest BCUT2D eigenvalue weighted by Crippen LogP contribution is 2.14. The summed E-state index contributed by atoms with van der Waals surface area (Å²) in [6.45, 7) is 8.68. The van der Waals surface area contributed by atoms with Crippen molar-refractivity contribution in [3.8, 4) is 6.07 Å². The zero-order valence-corrected chi connectivity index (χ0v) is 8.58. The average molecular weight is 181 g/mol. The molecule has 1 saturated heterocycles. The fraction of sp³-hybridized carbons (Fsp3) is 0.900. The molecule has 1 aliphatic rings. The van der Waals surface area contributed by atoms with Gasteiger partial charge in [-0.2, -0.15) is 5.26 Å². The molecule has 0 spiro atoms. The maximum absolute atomic E-state index is 8.58. The van der Waals surface area contributed by atoms with Crippen molar-refractivity contribution in [2.75, 3.05) is 26.2 Å². The lowest BCUT2D eigenvalue weighted by Crippen LogP contribution is -2.31. The van der Waals surface area contributed by atoms with Crippen molar-refractivity contribution in [2.24, 2.45) is 5.92 Å². The van der Waals surface area contributed by atoms with E-state index in [0.717, 1.165) is 19.0 Å². The second-order valence-corrected chi connectivity index (χ2v) is 3.81. The smallest absolute Gasteiger partial charge is 0.0924 e. The first-order valence-corrected chi connectivity index (χ1v) is 5.11. The first-order valence-electron chi connectivity index (χ1n) is 5.11. The van der Waals surface area contributed by atoms with Crippen molar-refractivity contribution >= 4 is 0 Å². The third-order valence-electron chi connectivity index (χ3n) is 2.72. The van der Waals surface area contributed by atoms with Crippen LogP contribution in [0.1, 0.15) is 20.3 Å². The number of rotatable bonds is 4.